The van der Waals surface area contributed by atoms with Crippen molar-refractivity contribution in [2.45, 2.75) is 43.4 Å². The lowest BCUT2D eigenvalue weighted by atomic mass is 10.1. The molecule has 0 N–H and O–H groups in total. The number of piperidine rings is 1. The molecule has 1 aromatic rings. The smallest absolute Gasteiger partial charge is 0.243 e. The van der Waals surface area contributed by atoms with E-state index in [-0.39, 0.29) is 10.6 Å². The van der Waals surface area contributed by atoms with E-state index >= 15 is 0 Å². The molecule has 3 rings (SSSR count). The SMILES string of the molecule is CS(=O)(=O)CC1CCCCN1S(=O)(=O)c1ccc2c(c1)COC2. The van der Waals surface area contributed by atoms with E-state index < -0.39 is 25.9 Å². The third-order valence-electron chi connectivity index (χ3n) is 4.37. The summed E-state index contributed by atoms with van der Waals surface area (Å²) in [5.74, 6) is -0.125. The Hall–Kier alpha value is -0.960. The molecule has 0 saturated carbocycles. The lowest BCUT2D eigenvalue weighted by Crippen LogP contribution is -2.46. The first-order valence-corrected chi connectivity index (χ1v) is 11.2. The number of hydrogen-bond donors (Lipinski definition) is 0. The van der Waals surface area contributed by atoms with Crippen LogP contribution in [0.5, 0.6) is 0 Å². The van der Waals surface area contributed by atoms with Crippen LogP contribution in [-0.4, -0.2) is 45.7 Å². The Balaban J connectivity index is 1.93. The predicted molar refractivity (Wildman–Crippen MR) is 86.2 cm³/mol. The summed E-state index contributed by atoms with van der Waals surface area (Å²) in [7, 11) is -6.93. The monoisotopic (exact) mass is 359 g/mol. The van der Waals surface area contributed by atoms with Crippen molar-refractivity contribution in [3.63, 3.8) is 0 Å². The minimum Gasteiger partial charge on any atom is -0.372 e. The average Bonchev–Trinajstić information content (AvgIpc) is 2.93. The highest BCUT2D eigenvalue weighted by atomic mass is 32.2. The molecule has 1 fully saturated rings. The summed E-state index contributed by atoms with van der Waals surface area (Å²) in [5.41, 5.74) is 1.90. The third-order valence-corrected chi connectivity index (χ3v) is 7.31. The van der Waals surface area contributed by atoms with Crippen LogP contribution >= 0.6 is 0 Å². The number of sulfonamides is 1. The van der Waals surface area contributed by atoms with Crippen LogP contribution in [0.1, 0.15) is 30.4 Å². The molecule has 8 heteroatoms. The van der Waals surface area contributed by atoms with Crippen molar-refractivity contribution in [3.05, 3.63) is 29.3 Å². The van der Waals surface area contributed by atoms with Gasteiger partial charge in [-0.3, -0.25) is 0 Å². The van der Waals surface area contributed by atoms with E-state index in [1.807, 2.05) is 0 Å². The second kappa shape index (κ2) is 6.16. The molecule has 23 heavy (non-hydrogen) atoms. The maximum atomic E-state index is 13.0. The molecule has 0 radical (unpaired) electrons. The molecule has 1 saturated heterocycles. The minimum absolute atomic E-state index is 0.125. The summed E-state index contributed by atoms with van der Waals surface area (Å²) in [6, 6.07) is 4.55. The normalized spacial score (nSPS) is 22.9. The molecule has 1 unspecified atom stereocenters. The van der Waals surface area contributed by atoms with Gasteiger partial charge in [-0.05, 0) is 36.1 Å². The Bertz CT molecular complexity index is 801. The van der Waals surface area contributed by atoms with Crippen LogP contribution in [0.15, 0.2) is 23.1 Å². The fourth-order valence-corrected chi connectivity index (χ4v) is 6.13. The molecule has 2 aliphatic heterocycles. The quantitative estimate of drug-likeness (QED) is 0.809. The zero-order valence-corrected chi connectivity index (χ0v) is 14.7. The first-order valence-electron chi connectivity index (χ1n) is 7.66. The van der Waals surface area contributed by atoms with E-state index in [1.165, 1.54) is 4.31 Å². The summed E-state index contributed by atoms with van der Waals surface area (Å²) >= 11 is 0. The highest BCUT2D eigenvalue weighted by molar-refractivity contribution is 7.91. The molecule has 2 aliphatic rings. The lowest BCUT2D eigenvalue weighted by molar-refractivity contribution is 0.134. The second-order valence-corrected chi connectivity index (χ2v) is 10.4. The summed E-state index contributed by atoms with van der Waals surface area (Å²) < 4.78 is 55.9. The number of ether oxygens (including phenoxy) is 1. The molecule has 0 aliphatic carbocycles. The van der Waals surface area contributed by atoms with Gasteiger partial charge in [0, 0.05) is 18.8 Å². The van der Waals surface area contributed by atoms with Crippen molar-refractivity contribution in [3.8, 4) is 0 Å². The van der Waals surface area contributed by atoms with E-state index in [2.05, 4.69) is 0 Å². The highest BCUT2D eigenvalue weighted by Crippen LogP contribution is 2.29. The van der Waals surface area contributed by atoms with Gasteiger partial charge in [0.25, 0.3) is 0 Å². The maximum absolute atomic E-state index is 13.0. The average molecular weight is 359 g/mol. The van der Waals surface area contributed by atoms with E-state index in [1.54, 1.807) is 18.2 Å². The molecule has 2 heterocycles. The van der Waals surface area contributed by atoms with E-state index in [4.69, 9.17) is 4.74 Å². The number of rotatable bonds is 4. The van der Waals surface area contributed by atoms with Gasteiger partial charge in [0.1, 0.15) is 9.84 Å². The summed E-state index contributed by atoms with van der Waals surface area (Å²) in [4.78, 5) is 0.224. The largest absolute Gasteiger partial charge is 0.372 e. The molecule has 1 atom stereocenters. The Kier molecular flexibility index (Phi) is 4.52. The van der Waals surface area contributed by atoms with Gasteiger partial charge < -0.3 is 4.74 Å². The van der Waals surface area contributed by atoms with Crippen LogP contribution in [0, 0.1) is 0 Å². The molecular formula is C15H21NO5S2. The molecule has 0 aromatic heterocycles. The zero-order valence-electron chi connectivity index (χ0n) is 13.1. The number of sulfone groups is 1. The van der Waals surface area contributed by atoms with Crippen molar-refractivity contribution in [2.75, 3.05) is 18.6 Å². The summed E-state index contributed by atoms with van der Waals surface area (Å²) in [5, 5.41) is 0. The third kappa shape index (κ3) is 3.60. The summed E-state index contributed by atoms with van der Waals surface area (Å²) in [6.07, 6.45) is 3.34. The van der Waals surface area contributed by atoms with Crippen molar-refractivity contribution in [2.24, 2.45) is 0 Å². The lowest BCUT2D eigenvalue weighted by Gasteiger charge is -2.34. The standard InChI is InChI=1S/C15H21NO5S2/c1-22(17,18)11-14-4-2-3-7-16(14)23(19,20)15-6-5-12-9-21-10-13(12)8-15/h5-6,8,14H,2-4,7,9-11H2,1H3. The van der Waals surface area contributed by atoms with Crippen molar-refractivity contribution in [1.82, 2.24) is 4.31 Å². The first-order chi connectivity index (χ1) is 10.8. The van der Waals surface area contributed by atoms with Crippen LogP contribution < -0.4 is 0 Å². The fourth-order valence-electron chi connectivity index (χ4n) is 3.25. The fraction of sp³-hybridized carbons (Fsp3) is 0.600. The number of benzene rings is 1. The Morgan fingerprint density at radius 2 is 1.87 bits per heavy atom. The van der Waals surface area contributed by atoms with E-state index in [9.17, 15) is 16.8 Å². The molecule has 0 bridgehead atoms. The second-order valence-electron chi connectivity index (χ2n) is 6.28. The van der Waals surface area contributed by atoms with Crippen molar-refractivity contribution >= 4 is 19.9 Å². The topological polar surface area (TPSA) is 80.8 Å². The van der Waals surface area contributed by atoms with Gasteiger partial charge in [-0.15, -0.1) is 0 Å². The van der Waals surface area contributed by atoms with Gasteiger partial charge >= 0.3 is 0 Å². The molecule has 0 spiro atoms. The number of fused-ring (bicyclic) bond motifs is 1. The van der Waals surface area contributed by atoms with Crippen LogP contribution in [0.3, 0.4) is 0 Å². The van der Waals surface area contributed by atoms with E-state index in [0.717, 1.165) is 30.2 Å². The Labute approximate surface area is 137 Å². The van der Waals surface area contributed by atoms with Crippen molar-refractivity contribution in [1.29, 1.82) is 0 Å². The first kappa shape index (κ1) is 16.9. The number of hydrogen-bond acceptors (Lipinski definition) is 5. The number of nitrogens with zero attached hydrogens (tertiary/aromatic N) is 1. The Morgan fingerprint density at radius 3 is 2.61 bits per heavy atom. The van der Waals surface area contributed by atoms with Crippen LogP contribution in [0.2, 0.25) is 0 Å². The van der Waals surface area contributed by atoms with Gasteiger partial charge in [0.2, 0.25) is 10.0 Å². The molecule has 1 aromatic carbocycles. The van der Waals surface area contributed by atoms with Gasteiger partial charge in [-0.1, -0.05) is 12.5 Å². The van der Waals surface area contributed by atoms with Crippen LogP contribution in [0.4, 0.5) is 0 Å². The maximum Gasteiger partial charge on any atom is 0.243 e. The molecule has 0 amide bonds. The summed E-state index contributed by atoms with van der Waals surface area (Å²) in [6.45, 7) is 1.30. The van der Waals surface area contributed by atoms with Gasteiger partial charge in [-0.2, -0.15) is 4.31 Å². The van der Waals surface area contributed by atoms with Crippen LogP contribution in [0.25, 0.3) is 0 Å². The Morgan fingerprint density at radius 1 is 1.13 bits per heavy atom. The highest BCUT2D eigenvalue weighted by Gasteiger charge is 2.35. The van der Waals surface area contributed by atoms with Crippen LogP contribution in [-0.2, 0) is 37.8 Å². The molecular weight excluding hydrogens is 338 g/mol. The van der Waals surface area contributed by atoms with Crippen molar-refractivity contribution < 1.29 is 21.6 Å². The van der Waals surface area contributed by atoms with Gasteiger partial charge in [0.15, 0.2) is 0 Å². The zero-order chi connectivity index (χ0) is 16.7. The van der Waals surface area contributed by atoms with Gasteiger partial charge in [0.05, 0.1) is 23.9 Å². The predicted octanol–water partition coefficient (Wildman–Crippen LogP) is 1.30. The minimum atomic E-state index is -3.69. The van der Waals surface area contributed by atoms with E-state index in [0.29, 0.717) is 26.2 Å². The molecule has 128 valence electrons. The van der Waals surface area contributed by atoms with Gasteiger partial charge in [-0.25, -0.2) is 16.8 Å². The molecule has 6 nitrogen and oxygen atoms in total.